The summed E-state index contributed by atoms with van der Waals surface area (Å²) in [6.45, 7) is 10.3. The molecule has 0 radical (unpaired) electrons. The van der Waals surface area contributed by atoms with E-state index in [1.54, 1.807) is 16.7 Å². The third-order valence-electron chi connectivity index (χ3n) is 10.6. The molecular weight excluding hydrogens is 494 g/mol. The highest BCUT2D eigenvalue weighted by Crippen LogP contribution is 2.58. The van der Waals surface area contributed by atoms with E-state index in [9.17, 15) is 14.7 Å². The lowest BCUT2D eigenvalue weighted by atomic mass is 9.75. The van der Waals surface area contributed by atoms with Gasteiger partial charge in [-0.05, 0) is 67.6 Å². The molecule has 2 heterocycles. The lowest BCUT2D eigenvalue weighted by Crippen LogP contribution is -2.49. The van der Waals surface area contributed by atoms with Crippen LogP contribution in [-0.2, 0) is 9.59 Å². The molecular formula is C31H43N3O3S. The number of imide groups is 1. The molecule has 1 aromatic rings. The van der Waals surface area contributed by atoms with Crippen LogP contribution >= 0.6 is 11.8 Å². The van der Waals surface area contributed by atoms with Gasteiger partial charge in [0.1, 0.15) is 0 Å². The van der Waals surface area contributed by atoms with Gasteiger partial charge in [-0.1, -0.05) is 37.6 Å². The Morgan fingerprint density at radius 1 is 0.947 bits per heavy atom. The second-order valence-corrected chi connectivity index (χ2v) is 13.3. The van der Waals surface area contributed by atoms with Crippen molar-refractivity contribution < 1.29 is 14.7 Å². The maximum Gasteiger partial charge on any atom is 0.233 e. The molecule has 7 heteroatoms. The van der Waals surface area contributed by atoms with Crippen molar-refractivity contribution in [1.82, 2.24) is 14.7 Å². The number of hydrogen-bond donors (Lipinski definition) is 1. The number of piperazine rings is 1. The summed E-state index contributed by atoms with van der Waals surface area (Å²) in [6.07, 6.45) is 8.76. The van der Waals surface area contributed by atoms with Crippen LogP contribution in [0.5, 0.6) is 0 Å². The van der Waals surface area contributed by atoms with Crippen molar-refractivity contribution in [3.05, 3.63) is 36.4 Å². The Labute approximate surface area is 231 Å². The van der Waals surface area contributed by atoms with Crippen molar-refractivity contribution in [2.24, 2.45) is 41.4 Å². The Morgan fingerprint density at radius 3 is 2.34 bits per heavy atom. The van der Waals surface area contributed by atoms with Crippen LogP contribution in [0, 0.1) is 41.4 Å². The molecule has 3 aliphatic carbocycles. The zero-order chi connectivity index (χ0) is 26.4. The minimum absolute atomic E-state index is 0.0765. The van der Waals surface area contributed by atoms with Crippen molar-refractivity contribution in [2.45, 2.75) is 43.4 Å². The van der Waals surface area contributed by atoms with Crippen molar-refractivity contribution in [3.63, 3.8) is 0 Å². The molecule has 7 atom stereocenters. The minimum atomic E-state index is -0.155. The number of carbonyl (C=O) groups is 2. The van der Waals surface area contributed by atoms with Crippen molar-refractivity contribution >= 4 is 29.3 Å². The molecule has 2 aliphatic heterocycles. The molecule has 1 aromatic carbocycles. The van der Waals surface area contributed by atoms with Gasteiger partial charge in [-0.2, -0.15) is 0 Å². The quantitative estimate of drug-likeness (QED) is 0.399. The summed E-state index contributed by atoms with van der Waals surface area (Å²) in [7, 11) is 0. The van der Waals surface area contributed by atoms with Gasteiger partial charge in [-0.3, -0.25) is 19.4 Å². The van der Waals surface area contributed by atoms with E-state index in [0.29, 0.717) is 24.3 Å². The Morgan fingerprint density at radius 2 is 1.63 bits per heavy atom. The van der Waals surface area contributed by atoms with E-state index in [-0.39, 0.29) is 42.1 Å². The summed E-state index contributed by atoms with van der Waals surface area (Å²) in [5.74, 6) is 1.60. The monoisotopic (exact) mass is 537 g/mol. The van der Waals surface area contributed by atoms with Crippen LogP contribution in [-0.4, -0.2) is 83.8 Å². The van der Waals surface area contributed by atoms with Crippen molar-refractivity contribution in [2.75, 3.05) is 52.1 Å². The zero-order valence-corrected chi connectivity index (χ0v) is 23.6. The molecule has 38 heavy (non-hydrogen) atoms. The predicted molar refractivity (Wildman–Crippen MR) is 151 cm³/mol. The maximum atomic E-state index is 13.5. The Bertz CT molecular complexity index is 1070. The van der Waals surface area contributed by atoms with E-state index < -0.39 is 0 Å². The normalized spacial score (nSPS) is 35.3. The van der Waals surface area contributed by atoms with E-state index in [0.717, 1.165) is 57.7 Å². The number of nitrogens with zero attached hydrogens (tertiary/aromatic N) is 3. The molecule has 0 spiro atoms. The van der Waals surface area contributed by atoms with Crippen LogP contribution in [0.4, 0.5) is 0 Å². The van der Waals surface area contributed by atoms with Crippen molar-refractivity contribution in [1.29, 1.82) is 0 Å². The summed E-state index contributed by atoms with van der Waals surface area (Å²) >= 11 is 1.77. The number of amides is 2. The lowest BCUT2D eigenvalue weighted by Gasteiger charge is -2.41. The highest BCUT2D eigenvalue weighted by molar-refractivity contribution is 7.98. The number of aliphatic hydroxyl groups excluding tert-OH is 1. The third kappa shape index (κ3) is 4.62. The fourth-order valence-electron chi connectivity index (χ4n) is 8.63. The molecule has 2 bridgehead atoms. The Balaban J connectivity index is 1.06. The molecule has 0 aromatic heterocycles. The standard InChI is InChI=1S/C31H43N3O3S/c1-20(25-9-5-6-10-27(25)38-2)33-13-11-32(12-14-33)17-21-7-3-4-8-22(21)18-34-30(36)28-23-15-24(19-35)26(16-23)29(28)31(34)37/h5-6,9-10,21-24,26,28-29,35H,1,3-4,7-8,11-19H2,2H3/t21-,22-,23-,24?,26-,28+,29-/m0/s1. The molecule has 1 unspecified atom stereocenters. The smallest absolute Gasteiger partial charge is 0.233 e. The average Bonchev–Trinajstić information content (AvgIpc) is 3.61. The molecule has 6 nitrogen and oxygen atoms in total. The van der Waals surface area contributed by atoms with Gasteiger partial charge < -0.3 is 10.0 Å². The van der Waals surface area contributed by atoms with Crippen LogP contribution in [0.1, 0.15) is 44.1 Å². The second-order valence-electron chi connectivity index (χ2n) is 12.4. The fourth-order valence-corrected chi connectivity index (χ4v) is 9.25. The molecule has 206 valence electrons. The number of thioether (sulfide) groups is 1. The molecule has 3 saturated carbocycles. The number of rotatable bonds is 8. The topological polar surface area (TPSA) is 64.1 Å². The van der Waals surface area contributed by atoms with Gasteiger partial charge >= 0.3 is 0 Å². The van der Waals surface area contributed by atoms with E-state index >= 15 is 0 Å². The van der Waals surface area contributed by atoms with Crippen molar-refractivity contribution in [3.8, 4) is 0 Å². The SMILES string of the molecule is C=C(c1ccccc1SC)N1CCN(C[C@@H]2CCCC[C@H]2CN2C(=O)[C@@H]3[C@H]4CC(CO)[C@H](C4)[C@@H]3C2=O)CC1. The second kappa shape index (κ2) is 11.0. The van der Waals surface area contributed by atoms with Gasteiger partial charge in [-0.25, -0.2) is 0 Å². The molecule has 6 rings (SSSR count). The Hall–Kier alpha value is -1.83. The summed E-state index contributed by atoms with van der Waals surface area (Å²) in [5, 5.41) is 9.78. The lowest BCUT2D eigenvalue weighted by molar-refractivity contribution is -0.142. The molecule has 2 amide bonds. The van der Waals surface area contributed by atoms with Gasteiger partial charge in [-0.15, -0.1) is 11.8 Å². The number of hydrogen-bond acceptors (Lipinski definition) is 6. The largest absolute Gasteiger partial charge is 0.396 e. The predicted octanol–water partition coefficient (Wildman–Crippen LogP) is 4.05. The third-order valence-corrected chi connectivity index (χ3v) is 11.4. The van der Waals surface area contributed by atoms with E-state index in [1.165, 1.54) is 29.7 Å². The first kappa shape index (κ1) is 26.4. The molecule has 5 fully saturated rings. The highest BCUT2D eigenvalue weighted by Gasteiger charge is 2.63. The Kier molecular flexibility index (Phi) is 7.62. The minimum Gasteiger partial charge on any atom is -0.396 e. The molecule has 5 aliphatic rings. The summed E-state index contributed by atoms with van der Waals surface area (Å²) in [4.78, 5) is 34.9. The summed E-state index contributed by atoms with van der Waals surface area (Å²) in [5.41, 5.74) is 2.36. The average molecular weight is 538 g/mol. The summed E-state index contributed by atoms with van der Waals surface area (Å²) < 4.78 is 0. The van der Waals surface area contributed by atoms with Gasteiger partial charge in [0.2, 0.25) is 11.8 Å². The van der Waals surface area contributed by atoms with Crippen LogP contribution in [0.2, 0.25) is 0 Å². The first-order chi connectivity index (χ1) is 18.5. The first-order valence-corrected chi connectivity index (χ1v) is 16.0. The van der Waals surface area contributed by atoms with Crippen LogP contribution in [0.15, 0.2) is 35.7 Å². The van der Waals surface area contributed by atoms with Crippen LogP contribution in [0.25, 0.3) is 5.70 Å². The summed E-state index contributed by atoms with van der Waals surface area (Å²) in [6, 6.07) is 8.53. The van der Waals surface area contributed by atoms with Gasteiger partial charge in [0.05, 0.1) is 11.8 Å². The molecule has 2 saturated heterocycles. The van der Waals surface area contributed by atoms with E-state index in [1.807, 2.05) is 0 Å². The number of carbonyl (C=O) groups excluding carboxylic acids is 2. The number of likely N-dealkylation sites (tertiary alicyclic amines) is 1. The first-order valence-electron chi connectivity index (χ1n) is 14.8. The number of benzene rings is 1. The van der Waals surface area contributed by atoms with E-state index in [2.05, 4.69) is 46.9 Å². The van der Waals surface area contributed by atoms with E-state index in [4.69, 9.17) is 0 Å². The van der Waals surface area contributed by atoms with Crippen LogP contribution in [0.3, 0.4) is 0 Å². The number of fused-ring (bicyclic) bond motifs is 5. The zero-order valence-electron chi connectivity index (χ0n) is 22.8. The van der Waals surface area contributed by atoms with Gasteiger partial charge in [0.25, 0.3) is 0 Å². The highest BCUT2D eigenvalue weighted by atomic mass is 32.2. The van der Waals surface area contributed by atoms with Gasteiger partial charge in [0, 0.05) is 62.0 Å². The number of aliphatic hydroxyl groups is 1. The fraction of sp³-hybridized carbons (Fsp3) is 0.677. The van der Waals surface area contributed by atoms with Crippen LogP contribution < -0.4 is 0 Å². The molecule has 1 N–H and O–H groups in total. The maximum absolute atomic E-state index is 13.5. The van der Waals surface area contributed by atoms with Gasteiger partial charge in [0.15, 0.2) is 0 Å².